The molecule has 0 fully saturated rings. The molecule has 0 amide bonds. The maximum atomic E-state index is 6.46. The first-order valence-corrected chi connectivity index (χ1v) is 23.3. The number of rotatable bonds is 7. The Morgan fingerprint density at radius 2 is 0.855 bits per heavy atom. The van der Waals surface area contributed by atoms with E-state index in [1.807, 2.05) is 12.1 Å². The van der Waals surface area contributed by atoms with Gasteiger partial charge in [0.25, 0.3) is 0 Å². The van der Waals surface area contributed by atoms with Crippen LogP contribution in [0.2, 0.25) is 0 Å². The van der Waals surface area contributed by atoms with Crippen LogP contribution in [-0.2, 0) is 0 Å². The summed E-state index contributed by atoms with van der Waals surface area (Å²) >= 11 is 0. The van der Waals surface area contributed by atoms with Gasteiger partial charge in [0.2, 0.25) is 5.95 Å². The maximum absolute atomic E-state index is 6.46. The smallest absolute Gasteiger partial charge is 0.238 e. The third kappa shape index (κ3) is 6.16. The predicted octanol–water partition coefficient (Wildman–Crippen LogP) is 16.3. The van der Waals surface area contributed by atoms with Gasteiger partial charge >= 0.3 is 0 Å². The standard InChI is InChI=1S/C63H39N5O/c1-3-17-40(18-4-1)44-21-7-9-23-46(44)42-31-34-56-52(37-42)53-38-43(47-24-10-8-22-45(47)41-19-5-2-6-20-41)32-35-57(53)68(56)63-65-39-64-62(66-63)50-26-12-15-29-55(50)67-54-28-14-11-25-48(54)49-33-36-59-60(61(49)67)51-27-13-16-30-58(51)69-59/h1-39H. The predicted molar refractivity (Wildman–Crippen MR) is 283 cm³/mol. The lowest BCUT2D eigenvalue weighted by Crippen LogP contribution is -2.05. The normalized spacial score (nSPS) is 11.8. The molecule has 0 spiro atoms. The van der Waals surface area contributed by atoms with Crippen LogP contribution in [0.15, 0.2) is 241 Å². The number of hydrogen-bond acceptors (Lipinski definition) is 4. The van der Waals surface area contributed by atoms with E-state index in [2.05, 4.69) is 228 Å². The molecule has 69 heavy (non-hydrogen) atoms. The van der Waals surface area contributed by atoms with Gasteiger partial charge in [-0.1, -0.05) is 170 Å². The van der Waals surface area contributed by atoms with Crippen molar-refractivity contribution in [2.75, 3.05) is 0 Å². The van der Waals surface area contributed by atoms with E-state index in [1.54, 1.807) is 6.33 Å². The molecule has 4 aromatic heterocycles. The number of para-hydroxylation sites is 3. The highest BCUT2D eigenvalue weighted by Crippen LogP contribution is 2.44. The minimum absolute atomic E-state index is 0.537. The fourth-order valence-electron chi connectivity index (χ4n) is 10.7. The number of fused-ring (bicyclic) bond motifs is 10. The Kier molecular flexibility index (Phi) is 8.79. The van der Waals surface area contributed by atoms with Gasteiger partial charge in [-0.05, 0) is 105 Å². The van der Waals surface area contributed by atoms with E-state index in [-0.39, 0.29) is 0 Å². The summed E-state index contributed by atoms with van der Waals surface area (Å²) < 4.78 is 11.0. The molecule has 4 heterocycles. The lowest BCUT2D eigenvalue weighted by atomic mass is 9.92. The Morgan fingerprint density at radius 3 is 1.51 bits per heavy atom. The first-order chi connectivity index (χ1) is 34.2. The monoisotopic (exact) mass is 881 g/mol. The average Bonchev–Trinajstić information content (AvgIpc) is 4.09. The van der Waals surface area contributed by atoms with Gasteiger partial charge in [0.05, 0.1) is 33.1 Å². The lowest BCUT2D eigenvalue weighted by molar-refractivity contribution is 0.669. The van der Waals surface area contributed by atoms with Crippen molar-refractivity contribution < 1.29 is 4.42 Å². The molecule has 0 aliphatic carbocycles. The fourth-order valence-corrected chi connectivity index (χ4v) is 10.7. The van der Waals surface area contributed by atoms with E-state index in [4.69, 9.17) is 19.4 Å². The molecule has 0 atom stereocenters. The quantitative estimate of drug-likeness (QED) is 0.160. The summed E-state index contributed by atoms with van der Waals surface area (Å²) in [4.78, 5) is 15.3. The van der Waals surface area contributed by atoms with Gasteiger partial charge in [0.15, 0.2) is 5.82 Å². The van der Waals surface area contributed by atoms with Crippen LogP contribution in [0.25, 0.3) is 133 Å². The molecule has 6 heteroatoms. The Bertz CT molecular complexity index is 4180. The minimum atomic E-state index is 0.537. The van der Waals surface area contributed by atoms with Crippen molar-refractivity contribution in [3.63, 3.8) is 0 Å². The first kappa shape index (κ1) is 38.8. The van der Waals surface area contributed by atoms with E-state index in [0.717, 1.165) is 87.9 Å². The highest BCUT2D eigenvalue weighted by Gasteiger charge is 2.23. The Labute approximate surface area is 396 Å². The number of nitrogens with zero attached hydrogens (tertiary/aromatic N) is 5. The van der Waals surface area contributed by atoms with Gasteiger partial charge in [-0.2, -0.15) is 4.98 Å². The van der Waals surface area contributed by atoms with Crippen molar-refractivity contribution in [1.29, 1.82) is 0 Å². The van der Waals surface area contributed by atoms with Crippen molar-refractivity contribution in [3.05, 3.63) is 237 Å². The molecule has 0 unspecified atom stereocenters. The molecular weight excluding hydrogens is 843 g/mol. The minimum Gasteiger partial charge on any atom is -0.456 e. The highest BCUT2D eigenvalue weighted by molar-refractivity contribution is 6.24. The summed E-state index contributed by atoms with van der Waals surface area (Å²) in [6, 6.07) is 81.7. The van der Waals surface area contributed by atoms with Gasteiger partial charge < -0.3 is 8.98 Å². The van der Waals surface area contributed by atoms with E-state index >= 15 is 0 Å². The van der Waals surface area contributed by atoms with Gasteiger partial charge in [-0.15, -0.1) is 0 Å². The molecule has 0 saturated carbocycles. The van der Waals surface area contributed by atoms with Gasteiger partial charge in [0, 0.05) is 32.5 Å². The van der Waals surface area contributed by atoms with E-state index in [0.29, 0.717) is 11.8 Å². The average molecular weight is 882 g/mol. The molecule has 322 valence electrons. The van der Waals surface area contributed by atoms with Gasteiger partial charge in [-0.3, -0.25) is 4.57 Å². The van der Waals surface area contributed by atoms with Crippen molar-refractivity contribution >= 4 is 65.6 Å². The molecule has 10 aromatic carbocycles. The summed E-state index contributed by atoms with van der Waals surface area (Å²) in [5.41, 5.74) is 17.0. The topological polar surface area (TPSA) is 61.7 Å². The van der Waals surface area contributed by atoms with E-state index in [1.165, 1.54) is 33.4 Å². The molecular formula is C63H39N5O. The van der Waals surface area contributed by atoms with Crippen LogP contribution < -0.4 is 0 Å². The molecule has 0 bridgehead atoms. The fraction of sp³-hybridized carbons (Fsp3) is 0. The van der Waals surface area contributed by atoms with Crippen molar-refractivity contribution in [1.82, 2.24) is 24.1 Å². The number of aromatic nitrogens is 5. The van der Waals surface area contributed by atoms with Gasteiger partial charge in [-0.25, -0.2) is 9.97 Å². The third-order valence-corrected chi connectivity index (χ3v) is 13.7. The molecule has 14 rings (SSSR count). The summed E-state index contributed by atoms with van der Waals surface area (Å²) in [6.07, 6.45) is 1.65. The van der Waals surface area contributed by atoms with Crippen molar-refractivity contribution in [2.45, 2.75) is 0 Å². The largest absolute Gasteiger partial charge is 0.456 e. The van der Waals surface area contributed by atoms with Crippen LogP contribution in [0.4, 0.5) is 0 Å². The second-order valence-corrected chi connectivity index (χ2v) is 17.5. The highest BCUT2D eigenvalue weighted by atomic mass is 16.3. The Balaban J connectivity index is 0.988. The zero-order chi connectivity index (χ0) is 45.4. The van der Waals surface area contributed by atoms with E-state index < -0.39 is 0 Å². The van der Waals surface area contributed by atoms with Crippen LogP contribution in [-0.4, -0.2) is 24.1 Å². The van der Waals surface area contributed by atoms with E-state index in [9.17, 15) is 0 Å². The molecule has 6 nitrogen and oxygen atoms in total. The van der Waals surface area contributed by atoms with Crippen LogP contribution >= 0.6 is 0 Å². The zero-order valence-electron chi connectivity index (χ0n) is 37.2. The summed E-state index contributed by atoms with van der Waals surface area (Å²) in [7, 11) is 0. The van der Waals surface area contributed by atoms with Crippen LogP contribution in [0.5, 0.6) is 0 Å². The molecule has 0 radical (unpaired) electrons. The Hall–Kier alpha value is -9.39. The SMILES string of the molecule is c1ccc(-c2ccccc2-c2ccc3c(c2)c2cc(-c4ccccc4-c4ccccc4)ccc2n3-c2ncnc(-c3ccccc3-n3c4ccccc4c4ccc5oc6ccccc6c5c43)n2)cc1. The lowest BCUT2D eigenvalue weighted by Gasteiger charge is -2.14. The summed E-state index contributed by atoms with van der Waals surface area (Å²) in [5.74, 6) is 1.11. The molecule has 14 aromatic rings. The van der Waals surface area contributed by atoms with Crippen LogP contribution in [0.3, 0.4) is 0 Å². The molecule has 0 N–H and O–H groups in total. The summed E-state index contributed by atoms with van der Waals surface area (Å²) in [6.45, 7) is 0. The molecule has 0 aliphatic heterocycles. The second kappa shape index (κ2) is 15.6. The third-order valence-electron chi connectivity index (χ3n) is 13.7. The summed E-state index contributed by atoms with van der Waals surface area (Å²) in [5, 5.41) is 6.67. The zero-order valence-corrected chi connectivity index (χ0v) is 37.2. The van der Waals surface area contributed by atoms with Crippen molar-refractivity contribution in [3.8, 4) is 67.5 Å². The Morgan fingerprint density at radius 1 is 0.333 bits per heavy atom. The molecule has 0 saturated heterocycles. The van der Waals surface area contributed by atoms with Gasteiger partial charge in [0.1, 0.15) is 17.5 Å². The molecule has 0 aliphatic rings. The second-order valence-electron chi connectivity index (χ2n) is 17.5. The van der Waals surface area contributed by atoms with Crippen LogP contribution in [0.1, 0.15) is 0 Å². The van der Waals surface area contributed by atoms with Crippen LogP contribution in [0, 0.1) is 0 Å². The first-order valence-electron chi connectivity index (χ1n) is 23.3. The number of furan rings is 1. The number of benzene rings is 10. The van der Waals surface area contributed by atoms with Crippen molar-refractivity contribution in [2.24, 2.45) is 0 Å². The number of hydrogen-bond donors (Lipinski definition) is 0. The maximum Gasteiger partial charge on any atom is 0.238 e.